The standard InChI is InChI=1S/C18H22N2O/c1-13-3-8-18(19-14(13)2)20-10-9-16(12-20)11-15-4-6-17(21)7-5-15/h3-8,16,21H,9-12H2,1-2H3. The fourth-order valence-electron chi connectivity index (χ4n) is 2.97. The zero-order valence-corrected chi connectivity index (χ0v) is 12.7. The number of nitrogens with zero attached hydrogens (tertiary/aromatic N) is 2. The molecule has 1 unspecified atom stereocenters. The first kappa shape index (κ1) is 13.9. The van der Waals surface area contributed by atoms with Crippen LogP contribution in [0.3, 0.4) is 0 Å². The molecule has 0 radical (unpaired) electrons. The Labute approximate surface area is 126 Å². The summed E-state index contributed by atoms with van der Waals surface area (Å²) in [5.74, 6) is 2.11. The molecule has 0 saturated carbocycles. The Kier molecular flexibility index (Phi) is 3.82. The molecule has 1 aromatic heterocycles. The summed E-state index contributed by atoms with van der Waals surface area (Å²) in [4.78, 5) is 7.09. The molecule has 0 spiro atoms. The molecule has 21 heavy (non-hydrogen) atoms. The quantitative estimate of drug-likeness (QED) is 0.936. The number of aromatic hydroxyl groups is 1. The molecule has 1 saturated heterocycles. The van der Waals surface area contributed by atoms with E-state index in [2.05, 4.69) is 30.9 Å². The second-order valence-corrected chi connectivity index (χ2v) is 6.04. The van der Waals surface area contributed by atoms with E-state index in [-0.39, 0.29) is 0 Å². The number of aromatic nitrogens is 1. The molecule has 2 aromatic rings. The molecule has 110 valence electrons. The fraction of sp³-hybridized carbons (Fsp3) is 0.389. The Bertz CT molecular complexity index is 622. The maximum atomic E-state index is 9.34. The molecular formula is C18H22N2O. The molecular weight excluding hydrogens is 260 g/mol. The summed E-state index contributed by atoms with van der Waals surface area (Å²) < 4.78 is 0. The molecule has 1 aliphatic heterocycles. The van der Waals surface area contributed by atoms with Crippen LogP contribution >= 0.6 is 0 Å². The Morgan fingerprint density at radius 1 is 1.14 bits per heavy atom. The van der Waals surface area contributed by atoms with E-state index >= 15 is 0 Å². The number of benzene rings is 1. The van der Waals surface area contributed by atoms with Crippen LogP contribution in [0.25, 0.3) is 0 Å². The van der Waals surface area contributed by atoms with Gasteiger partial charge in [0, 0.05) is 18.8 Å². The van der Waals surface area contributed by atoms with Gasteiger partial charge < -0.3 is 10.0 Å². The van der Waals surface area contributed by atoms with Crippen LogP contribution in [0, 0.1) is 19.8 Å². The predicted octanol–water partition coefficient (Wildman–Crippen LogP) is 3.47. The SMILES string of the molecule is Cc1ccc(N2CCC(Cc3ccc(O)cc3)C2)nc1C. The number of phenolic OH excluding ortho intramolecular Hbond substituents is 1. The van der Waals surface area contributed by atoms with E-state index in [1.54, 1.807) is 12.1 Å². The minimum atomic E-state index is 0.339. The third kappa shape index (κ3) is 3.18. The molecule has 1 atom stereocenters. The van der Waals surface area contributed by atoms with Crippen molar-refractivity contribution in [3.63, 3.8) is 0 Å². The van der Waals surface area contributed by atoms with Gasteiger partial charge in [-0.05, 0) is 61.9 Å². The zero-order valence-electron chi connectivity index (χ0n) is 12.7. The lowest BCUT2D eigenvalue weighted by Crippen LogP contribution is -2.21. The van der Waals surface area contributed by atoms with Gasteiger partial charge in [-0.2, -0.15) is 0 Å². The smallest absolute Gasteiger partial charge is 0.128 e. The van der Waals surface area contributed by atoms with E-state index < -0.39 is 0 Å². The van der Waals surface area contributed by atoms with E-state index in [1.807, 2.05) is 12.1 Å². The molecule has 2 heterocycles. The summed E-state index contributed by atoms with van der Waals surface area (Å²) >= 11 is 0. The van der Waals surface area contributed by atoms with E-state index in [1.165, 1.54) is 17.5 Å². The molecule has 1 fully saturated rings. The highest BCUT2D eigenvalue weighted by molar-refractivity contribution is 5.42. The van der Waals surface area contributed by atoms with Gasteiger partial charge in [0.1, 0.15) is 11.6 Å². The van der Waals surface area contributed by atoms with Crippen LogP contribution in [0.5, 0.6) is 5.75 Å². The van der Waals surface area contributed by atoms with E-state index in [0.29, 0.717) is 11.7 Å². The monoisotopic (exact) mass is 282 g/mol. The van der Waals surface area contributed by atoms with Gasteiger partial charge in [-0.25, -0.2) is 4.98 Å². The topological polar surface area (TPSA) is 36.4 Å². The molecule has 1 aliphatic rings. The molecule has 0 bridgehead atoms. The molecule has 0 amide bonds. The van der Waals surface area contributed by atoms with Gasteiger partial charge >= 0.3 is 0 Å². The van der Waals surface area contributed by atoms with Crippen molar-refractivity contribution in [2.45, 2.75) is 26.7 Å². The van der Waals surface area contributed by atoms with Gasteiger partial charge in [-0.15, -0.1) is 0 Å². The van der Waals surface area contributed by atoms with Crippen LogP contribution in [0.4, 0.5) is 5.82 Å². The van der Waals surface area contributed by atoms with Crippen molar-refractivity contribution in [2.24, 2.45) is 5.92 Å². The highest BCUT2D eigenvalue weighted by atomic mass is 16.3. The number of aryl methyl sites for hydroxylation is 2. The van der Waals surface area contributed by atoms with Crippen molar-refractivity contribution in [1.29, 1.82) is 0 Å². The normalized spacial score (nSPS) is 18.2. The first-order valence-corrected chi connectivity index (χ1v) is 7.59. The van der Waals surface area contributed by atoms with Crippen LogP contribution in [-0.4, -0.2) is 23.2 Å². The van der Waals surface area contributed by atoms with Gasteiger partial charge in [0.05, 0.1) is 0 Å². The van der Waals surface area contributed by atoms with Gasteiger partial charge in [-0.1, -0.05) is 18.2 Å². The second-order valence-electron chi connectivity index (χ2n) is 6.04. The van der Waals surface area contributed by atoms with Crippen molar-refractivity contribution in [3.8, 4) is 5.75 Å². The summed E-state index contributed by atoms with van der Waals surface area (Å²) in [7, 11) is 0. The van der Waals surface area contributed by atoms with Crippen molar-refractivity contribution in [3.05, 3.63) is 53.2 Å². The molecule has 1 N–H and O–H groups in total. The minimum Gasteiger partial charge on any atom is -0.508 e. The Morgan fingerprint density at radius 2 is 1.90 bits per heavy atom. The summed E-state index contributed by atoms with van der Waals surface area (Å²) in [5.41, 5.74) is 3.67. The first-order chi connectivity index (χ1) is 10.1. The number of pyridine rings is 1. The molecule has 1 aromatic carbocycles. The Hall–Kier alpha value is -2.03. The third-order valence-corrected chi connectivity index (χ3v) is 4.41. The first-order valence-electron chi connectivity index (χ1n) is 7.59. The van der Waals surface area contributed by atoms with Gasteiger partial charge in [0.15, 0.2) is 0 Å². The van der Waals surface area contributed by atoms with Gasteiger partial charge in [-0.3, -0.25) is 0 Å². The van der Waals surface area contributed by atoms with Crippen LogP contribution in [0.15, 0.2) is 36.4 Å². The predicted molar refractivity (Wildman–Crippen MR) is 85.8 cm³/mol. The van der Waals surface area contributed by atoms with Crippen LogP contribution < -0.4 is 4.90 Å². The zero-order chi connectivity index (χ0) is 14.8. The summed E-state index contributed by atoms with van der Waals surface area (Å²) in [6.45, 7) is 6.32. The molecule has 3 nitrogen and oxygen atoms in total. The number of phenols is 1. The Balaban J connectivity index is 1.64. The molecule has 3 heteroatoms. The number of rotatable bonds is 3. The summed E-state index contributed by atoms with van der Waals surface area (Å²) in [6.07, 6.45) is 2.27. The average Bonchev–Trinajstić information content (AvgIpc) is 2.93. The highest BCUT2D eigenvalue weighted by Gasteiger charge is 2.23. The van der Waals surface area contributed by atoms with E-state index in [0.717, 1.165) is 31.0 Å². The van der Waals surface area contributed by atoms with E-state index in [9.17, 15) is 5.11 Å². The van der Waals surface area contributed by atoms with Gasteiger partial charge in [0.25, 0.3) is 0 Å². The highest BCUT2D eigenvalue weighted by Crippen LogP contribution is 2.26. The third-order valence-electron chi connectivity index (χ3n) is 4.41. The second kappa shape index (κ2) is 5.76. The van der Waals surface area contributed by atoms with Crippen molar-refractivity contribution in [2.75, 3.05) is 18.0 Å². The number of hydrogen-bond donors (Lipinski definition) is 1. The number of hydrogen-bond acceptors (Lipinski definition) is 3. The maximum absolute atomic E-state index is 9.34. The summed E-state index contributed by atoms with van der Waals surface area (Å²) in [5, 5.41) is 9.34. The van der Waals surface area contributed by atoms with Crippen molar-refractivity contribution >= 4 is 5.82 Å². The lowest BCUT2D eigenvalue weighted by atomic mass is 9.99. The van der Waals surface area contributed by atoms with Crippen molar-refractivity contribution in [1.82, 2.24) is 4.98 Å². The minimum absolute atomic E-state index is 0.339. The average molecular weight is 282 g/mol. The van der Waals surface area contributed by atoms with Crippen LogP contribution in [0.2, 0.25) is 0 Å². The number of anilines is 1. The largest absolute Gasteiger partial charge is 0.508 e. The van der Waals surface area contributed by atoms with Crippen LogP contribution in [0.1, 0.15) is 23.2 Å². The van der Waals surface area contributed by atoms with Crippen LogP contribution in [-0.2, 0) is 6.42 Å². The lowest BCUT2D eigenvalue weighted by molar-refractivity contribution is 0.474. The summed E-state index contributed by atoms with van der Waals surface area (Å²) in [6, 6.07) is 11.9. The van der Waals surface area contributed by atoms with Gasteiger partial charge in [0.2, 0.25) is 0 Å². The maximum Gasteiger partial charge on any atom is 0.128 e. The van der Waals surface area contributed by atoms with Crippen molar-refractivity contribution < 1.29 is 5.11 Å². The lowest BCUT2D eigenvalue weighted by Gasteiger charge is -2.18. The fourth-order valence-corrected chi connectivity index (χ4v) is 2.97. The molecule has 3 rings (SSSR count). The Morgan fingerprint density at radius 3 is 2.62 bits per heavy atom. The molecule has 0 aliphatic carbocycles. The van der Waals surface area contributed by atoms with E-state index in [4.69, 9.17) is 4.98 Å².